The third kappa shape index (κ3) is 4.76. The number of benzene rings is 2. The number of amides is 1. The number of carboxylic acids is 1. The average Bonchev–Trinajstić information content (AvgIpc) is 3.38. The lowest BCUT2D eigenvalue weighted by atomic mass is 10.1. The number of hydrogen-bond donors (Lipinski definition) is 3. The normalized spacial score (nSPS) is 12.1. The van der Waals surface area contributed by atoms with Gasteiger partial charge in [0.25, 0.3) is 5.91 Å². The summed E-state index contributed by atoms with van der Waals surface area (Å²) in [6.07, 6.45) is 1.59. The van der Waals surface area contributed by atoms with Crippen molar-refractivity contribution in [3.8, 4) is 10.4 Å². The van der Waals surface area contributed by atoms with Crippen LogP contribution in [0.1, 0.15) is 23.6 Å². The van der Waals surface area contributed by atoms with Crippen molar-refractivity contribution in [2.24, 2.45) is 5.92 Å². The number of thiazole rings is 2. The van der Waals surface area contributed by atoms with Gasteiger partial charge in [0, 0.05) is 11.9 Å². The van der Waals surface area contributed by atoms with E-state index in [0.717, 1.165) is 26.3 Å². The monoisotopic (exact) mass is 470 g/mol. The number of aliphatic carboxylic acids is 1. The van der Waals surface area contributed by atoms with Crippen LogP contribution in [0.2, 0.25) is 0 Å². The van der Waals surface area contributed by atoms with Crippen LogP contribution >= 0.6 is 22.7 Å². The molecule has 0 fully saturated rings. The molecule has 4 aromatic rings. The predicted molar refractivity (Wildman–Crippen MR) is 124 cm³/mol. The van der Waals surface area contributed by atoms with Crippen LogP contribution in [0.4, 0.5) is 15.2 Å². The summed E-state index contributed by atoms with van der Waals surface area (Å²) in [7, 11) is 0. The van der Waals surface area contributed by atoms with Crippen molar-refractivity contribution in [1.29, 1.82) is 0 Å². The smallest absolute Gasteiger partial charge is 0.326 e. The zero-order valence-corrected chi connectivity index (χ0v) is 18.8. The molecule has 2 aromatic heterocycles. The fourth-order valence-corrected chi connectivity index (χ4v) is 4.76. The molecule has 0 aliphatic carbocycles. The van der Waals surface area contributed by atoms with E-state index in [2.05, 4.69) is 20.6 Å². The van der Waals surface area contributed by atoms with Gasteiger partial charge in [0.05, 0.1) is 15.1 Å². The highest BCUT2D eigenvalue weighted by molar-refractivity contribution is 7.22. The van der Waals surface area contributed by atoms with Gasteiger partial charge in [-0.05, 0) is 41.8 Å². The molecule has 4 rings (SSSR count). The van der Waals surface area contributed by atoms with E-state index in [1.807, 2.05) is 24.3 Å². The summed E-state index contributed by atoms with van der Waals surface area (Å²) < 4.78 is 14.1. The molecule has 0 saturated heterocycles. The van der Waals surface area contributed by atoms with Crippen molar-refractivity contribution in [1.82, 2.24) is 15.3 Å². The third-order valence-corrected chi connectivity index (χ3v) is 6.67. The summed E-state index contributed by atoms with van der Waals surface area (Å²) >= 11 is 2.56. The van der Waals surface area contributed by atoms with Crippen molar-refractivity contribution >= 4 is 55.6 Å². The van der Waals surface area contributed by atoms with Crippen LogP contribution in [0.15, 0.2) is 48.7 Å². The molecule has 3 N–H and O–H groups in total. The SMILES string of the molecule is CC(C)[C@@H](NC(=O)c1ncc(-c2ccc(Nc3nc4ccc(F)cc4s3)cc2)s1)C(=O)O. The molecule has 2 aromatic carbocycles. The van der Waals surface area contributed by atoms with Gasteiger partial charge >= 0.3 is 5.97 Å². The molecule has 0 aliphatic heterocycles. The molecular formula is C22H19FN4O3S2. The first kappa shape index (κ1) is 21.8. The summed E-state index contributed by atoms with van der Waals surface area (Å²) in [6.45, 7) is 3.46. The fraction of sp³-hybridized carbons (Fsp3) is 0.182. The molecule has 1 atom stereocenters. The van der Waals surface area contributed by atoms with Gasteiger partial charge in [-0.3, -0.25) is 4.79 Å². The molecular weight excluding hydrogens is 451 g/mol. The average molecular weight is 471 g/mol. The summed E-state index contributed by atoms with van der Waals surface area (Å²) in [5.41, 5.74) is 2.42. The maximum Gasteiger partial charge on any atom is 0.326 e. The molecule has 0 aliphatic rings. The minimum atomic E-state index is -1.08. The van der Waals surface area contributed by atoms with Crippen LogP contribution in [-0.2, 0) is 4.79 Å². The summed E-state index contributed by atoms with van der Waals surface area (Å²) in [6, 6.07) is 11.0. The van der Waals surface area contributed by atoms with Crippen LogP contribution in [0.3, 0.4) is 0 Å². The Morgan fingerprint density at radius 3 is 2.53 bits per heavy atom. The standard InChI is InChI=1S/C22H19FN4O3S2/c1-11(2)18(21(29)30)27-19(28)20-24-10-17(31-20)12-3-6-14(7-4-12)25-22-26-15-8-5-13(23)9-16(15)32-22/h3-11,18H,1-2H3,(H,25,26)(H,27,28)(H,29,30)/t18-/m1/s1. The quantitative estimate of drug-likeness (QED) is 0.345. The maximum atomic E-state index is 13.4. The topological polar surface area (TPSA) is 104 Å². The highest BCUT2D eigenvalue weighted by atomic mass is 32.1. The minimum Gasteiger partial charge on any atom is -0.480 e. The lowest BCUT2D eigenvalue weighted by Crippen LogP contribution is -2.44. The molecule has 32 heavy (non-hydrogen) atoms. The number of anilines is 2. The number of carbonyl (C=O) groups is 2. The summed E-state index contributed by atoms with van der Waals surface area (Å²) in [5, 5.41) is 15.8. The number of carboxylic acid groups (broad SMARTS) is 1. The number of nitrogens with one attached hydrogen (secondary N) is 2. The summed E-state index contributed by atoms with van der Waals surface area (Å²) in [4.78, 5) is 33.1. The molecule has 2 heterocycles. The van der Waals surface area contributed by atoms with E-state index in [1.165, 1.54) is 34.8 Å². The molecule has 0 bridgehead atoms. The van der Waals surface area contributed by atoms with Gasteiger partial charge < -0.3 is 15.7 Å². The molecule has 10 heteroatoms. The van der Waals surface area contributed by atoms with Crippen molar-refractivity contribution in [3.63, 3.8) is 0 Å². The Kier molecular flexibility index (Phi) is 6.15. The van der Waals surface area contributed by atoms with E-state index in [0.29, 0.717) is 5.13 Å². The second-order valence-electron chi connectivity index (χ2n) is 7.40. The Morgan fingerprint density at radius 1 is 1.09 bits per heavy atom. The first-order chi connectivity index (χ1) is 15.3. The second-order valence-corrected chi connectivity index (χ2v) is 9.46. The van der Waals surface area contributed by atoms with Crippen LogP contribution in [0.25, 0.3) is 20.7 Å². The van der Waals surface area contributed by atoms with E-state index in [1.54, 1.807) is 26.1 Å². The van der Waals surface area contributed by atoms with Gasteiger partial charge in [0.2, 0.25) is 0 Å². The number of aromatic nitrogens is 2. The van der Waals surface area contributed by atoms with Gasteiger partial charge in [-0.2, -0.15) is 0 Å². The van der Waals surface area contributed by atoms with Crippen LogP contribution in [0.5, 0.6) is 0 Å². The van der Waals surface area contributed by atoms with E-state index in [9.17, 15) is 19.1 Å². The second kappa shape index (κ2) is 9.01. The van der Waals surface area contributed by atoms with Gasteiger partial charge in [-0.1, -0.05) is 37.3 Å². The Bertz CT molecular complexity index is 1280. The molecule has 0 saturated carbocycles. The Hall–Kier alpha value is -3.37. The number of rotatable bonds is 7. The zero-order valence-electron chi connectivity index (χ0n) is 17.1. The van der Waals surface area contributed by atoms with Crippen LogP contribution in [0, 0.1) is 11.7 Å². The van der Waals surface area contributed by atoms with E-state index in [4.69, 9.17) is 0 Å². The lowest BCUT2D eigenvalue weighted by molar-refractivity contribution is -0.140. The van der Waals surface area contributed by atoms with Gasteiger partial charge in [-0.15, -0.1) is 11.3 Å². The van der Waals surface area contributed by atoms with Crippen molar-refractivity contribution < 1.29 is 19.1 Å². The van der Waals surface area contributed by atoms with Gasteiger partial charge in [0.1, 0.15) is 11.9 Å². The number of fused-ring (bicyclic) bond motifs is 1. The Morgan fingerprint density at radius 2 is 1.84 bits per heavy atom. The summed E-state index contributed by atoms with van der Waals surface area (Å²) in [5.74, 6) is -2.12. The predicted octanol–water partition coefficient (Wildman–Crippen LogP) is 5.14. The van der Waals surface area contributed by atoms with E-state index in [-0.39, 0.29) is 16.7 Å². The number of nitrogens with zero attached hydrogens (tertiary/aromatic N) is 2. The van der Waals surface area contributed by atoms with Crippen molar-refractivity contribution in [3.05, 3.63) is 59.5 Å². The number of hydrogen-bond acceptors (Lipinski definition) is 7. The Balaban J connectivity index is 1.45. The van der Waals surface area contributed by atoms with E-state index < -0.39 is 17.9 Å². The molecule has 0 unspecified atom stereocenters. The highest BCUT2D eigenvalue weighted by Crippen LogP contribution is 2.31. The first-order valence-electron chi connectivity index (χ1n) is 9.73. The fourth-order valence-electron chi connectivity index (χ4n) is 3.02. The highest BCUT2D eigenvalue weighted by Gasteiger charge is 2.25. The number of halogens is 1. The molecule has 164 valence electrons. The largest absolute Gasteiger partial charge is 0.480 e. The van der Waals surface area contributed by atoms with Crippen LogP contribution < -0.4 is 10.6 Å². The zero-order chi connectivity index (χ0) is 22.8. The molecule has 7 nitrogen and oxygen atoms in total. The van der Waals surface area contributed by atoms with Gasteiger partial charge in [-0.25, -0.2) is 19.2 Å². The maximum absolute atomic E-state index is 13.4. The van der Waals surface area contributed by atoms with Crippen molar-refractivity contribution in [2.75, 3.05) is 5.32 Å². The lowest BCUT2D eigenvalue weighted by Gasteiger charge is -2.16. The molecule has 0 spiro atoms. The minimum absolute atomic E-state index is 0.204. The molecule has 0 radical (unpaired) electrons. The third-order valence-electron chi connectivity index (χ3n) is 4.69. The Labute approximate surface area is 191 Å². The number of carbonyl (C=O) groups excluding carboxylic acids is 1. The first-order valence-corrected chi connectivity index (χ1v) is 11.4. The van der Waals surface area contributed by atoms with Crippen molar-refractivity contribution in [2.45, 2.75) is 19.9 Å². The van der Waals surface area contributed by atoms with E-state index >= 15 is 0 Å². The van der Waals surface area contributed by atoms with Crippen LogP contribution in [-0.4, -0.2) is 33.0 Å². The molecule has 1 amide bonds. The van der Waals surface area contributed by atoms with Gasteiger partial charge in [0.15, 0.2) is 10.1 Å².